The van der Waals surface area contributed by atoms with E-state index >= 15 is 0 Å². The Labute approximate surface area is 113 Å². The molecule has 0 spiro atoms. The van der Waals surface area contributed by atoms with Crippen LogP contribution >= 0.6 is 0 Å². The Morgan fingerprint density at radius 2 is 2.05 bits per heavy atom. The molecule has 5 heteroatoms. The van der Waals surface area contributed by atoms with Gasteiger partial charge >= 0.3 is 0 Å². The second kappa shape index (κ2) is 6.78. The molecular formula is C14H20N4O. The average molecular weight is 260 g/mol. The number of nitrogens with two attached hydrogens (primary N) is 1. The third-order valence-corrected chi connectivity index (χ3v) is 2.88. The minimum atomic E-state index is 0.547. The summed E-state index contributed by atoms with van der Waals surface area (Å²) in [5.41, 5.74) is 6.83. The highest BCUT2D eigenvalue weighted by Crippen LogP contribution is 2.11. The molecule has 2 rings (SSSR count). The molecule has 0 bridgehead atoms. The Kier molecular flexibility index (Phi) is 4.78. The first-order chi connectivity index (χ1) is 9.31. The molecule has 2 aromatic rings. The molecule has 0 amide bonds. The summed E-state index contributed by atoms with van der Waals surface area (Å²) in [6, 6.07) is 9.81. The van der Waals surface area contributed by atoms with Crippen molar-refractivity contribution in [3.63, 3.8) is 0 Å². The average Bonchev–Trinajstić information content (AvgIpc) is 2.78. The quantitative estimate of drug-likeness (QED) is 0.776. The number of para-hydroxylation sites is 1. The van der Waals surface area contributed by atoms with E-state index in [0.29, 0.717) is 12.4 Å². The summed E-state index contributed by atoms with van der Waals surface area (Å²) in [5.74, 6) is 1.44. The zero-order valence-corrected chi connectivity index (χ0v) is 11.2. The smallest absolute Gasteiger partial charge is 0.169 e. The van der Waals surface area contributed by atoms with Gasteiger partial charge < -0.3 is 10.5 Å². The number of anilines is 1. The predicted octanol–water partition coefficient (Wildman–Crippen LogP) is 2.28. The van der Waals surface area contributed by atoms with Crippen LogP contribution in [-0.4, -0.2) is 21.6 Å². The number of hydrogen-bond donors (Lipinski definition) is 1. The van der Waals surface area contributed by atoms with Crippen molar-refractivity contribution in [1.82, 2.24) is 15.0 Å². The van der Waals surface area contributed by atoms with E-state index in [9.17, 15) is 0 Å². The molecular weight excluding hydrogens is 240 g/mol. The van der Waals surface area contributed by atoms with Gasteiger partial charge in [-0.05, 0) is 18.6 Å². The summed E-state index contributed by atoms with van der Waals surface area (Å²) in [5, 5.41) is 7.99. The molecule has 0 aliphatic rings. The summed E-state index contributed by atoms with van der Waals surface area (Å²) in [6.07, 6.45) is 2.84. The molecule has 0 atom stereocenters. The van der Waals surface area contributed by atoms with Crippen molar-refractivity contribution in [2.45, 2.75) is 32.7 Å². The number of benzene rings is 1. The van der Waals surface area contributed by atoms with E-state index in [2.05, 4.69) is 17.2 Å². The van der Waals surface area contributed by atoms with Crippen LogP contribution in [-0.2, 0) is 13.0 Å². The summed E-state index contributed by atoms with van der Waals surface area (Å²) >= 11 is 0. The monoisotopic (exact) mass is 260 g/mol. The van der Waals surface area contributed by atoms with Crippen molar-refractivity contribution in [3.05, 3.63) is 36.0 Å². The van der Waals surface area contributed by atoms with E-state index in [1.807, 2.05) is 35.0 Å². The molecule has 1 heterocycles. The standard InChI is InChI=1S/C14H20N4O/c1-2-7-13-14(15)16-17-18(13)10-6-11-19-12-8-4-3-5-9-12/h3-5,8-9H,2,6-7,10-11,15H2,1H3. The van der Waals surface area contributed by atoms with Gasteiger partial charge in [-0.1, -0.05) is 36.8 Å². The Morgan fingerprint density at radius 3 is 2.79 bits per heavy atom. The van der Waals surface area contributed by atoms with Crippen LogP contribution in [0.4, 0.5) is 5.82 Å². The number of aryl methyl sites for hydroxylation is 1. The number of aromatic nitrogens is 3. The fourth-order valence-electron chi connectivity index (χ4n) is 1.94. The van der Waals surface area contributed by atoms with Crippen molar-refractivity contribution in [2.24, 2.45) is 0 Å². The van der Waals surface area contributed by atoms with Gasteiger partial charge in [0.2, 0.25) is 0 Å². The lowest BCUT2D eigenvalue weighted by molar-refractivity contribution is 0.297. The Morgan fingerprint density at radius 1 is 1.26 bits per heavy atom. The van der Waals surface area contributed by atoms with Gasteiger partial charge in [0.05, 0.1) is 12.3 Å². The van der Waals surface area contributed by atoms with Crippen LogP contribution in [0.2, 0.25) is 0 Å². The van der Waals surface area contributed by atoms with Gasteiger partial charge in [-0.25, -0.2) is 4.68 Å². The Bertz CT molecular complexity index is 495. The lowest BCUT2D eigenvalue weighted by atomic mass is 10.2. The van der Waals surface area contributed by atoms with Crippen molar-refractivity contribution in [2.75, 3.05) is 12.3 Å². The van der Waals surface area contributed by atoms with Gasteiger partial charge in [0.15, 0.2) is 5.82 Å². The summed E-state index contributed by atoms with van der Waals surface area (Å²) < 4.78 is 7.52. The lowest BCUT2D eigenvalue weighted by Gasteiger charge is -2.07. The maximum absolute atomic E-state index is 5.80. The predicted molar refractivity (Wildman–Crippen MR) is 75.0 cm³/mol. The molecule has 0 aliphatic heterocycles. The van der Waals surface area contributed by atoms with E-state index < -0.39 is 0 Å². The fourth-order valence-corrected chi connectivity index (χ4v) is 1.94. The molecule has 0 aliphatic carbocycles. The topological polar surface area (TPSA) is 66.0 Å². The number of nitrogens with zero attached hydrogens (tertiary/aromatic N) is 3. The summed E-state index contributed by atoms with van der Waals surface area (Å²) in [6.45, 7) is 3.57. The summed E-state index contributed by atoms with van der Waals surface area (Å²) in [7, 11) is 0. The minimum Gasteiger partial charge on any atom is -0.494 e. The van der Waals surface area contributed by atoms with Crippen LogP contribution in [0, 0.1) is 0 Å². The SMILES string of the molecule is CCCc1c(N)nnn1CCCOc1ccccc1. The molecule has 0 radical (unpaired) electrons. The molecule has 102 valence electrons. The van der Waals surface area contributed by atoms with E-state index in [-0.39, 0.29) is 0 Å². The van der Waals surface area contributed by atoms with Crippen LogP contribution in [0.3, 0.4) is 0 Å². The first-order valence-corrected chi connectivity index (χ1v) is 6.67. The van der Waals surface area contributed by atoms with Gasteiger partial charge in [-0.15, -0.1) is 5.10 Å². The van der Waals surface area contributed by atoms with Crippen molar-refractivity contribution in [1.29, 1.82) is 0 Å². The molecule has 0 unspecified atom stereocenters. The van der Waals surface area contributed by atoms with E-state index in [4.69, 9.17) is 10.5 Å². The molecule has 0 saturated carbocycles. The fraction of sp³-hybridized carbons (Fsp3) is 0.429. The maximum Gasteiger partial charge on any atom is 0.169 e. The highest BCUT2D eigenvalue weighted by molar-refractivity contribution is 5.32. The number of rotatable bonds is 7. The highest BCUT2D eigenvalue weighted by Gasteiger charge is 2.08. The summed E-state index contributed by atoms with van der Waals surface area (Å²) in [4.78, 5) is 0. The second-order valence-electron chi connectivity index (χ2n) is 4.41. The normalized spacial score (nSPS) is 10.6. The van der Waals surface area contributed by atoms with Crippen LogP contribution in [0.25, 0.3) is 0 Å². The van der Waals surface area contributed by atoms with Crippen LogP contribution in [0.5, 0.6) is 5.75 Å². The first-order valence-electron chi connectivity index (χ1n) is 6.67. The Balaban J connectivity index is 1.80. The van der Waals surface area contributed by atoms with Gasteiger partial charge in [0, 0.05) is 13.0 Å². The third-order valence-electron chi connectivity index (χ3n) is 2.88. The number of nitrogen functional groups attached to an aromatic ring is 1. The van der Waals surface area contributed by atoms with Gasteiger partial charge in [0.1, 0.15) is 5.75 Å². The molecule has 2 N–H and O–H groups in total. The largest absolute Gasteiger partial charge is 0.494 e. The molecule has 0 saturated heterocycles. The Hall–Kier alpha value is -2.04. The van der Waals surface area contributed by atoms with E-state index in [1.165, 1.54) is 0 Å². The van der Waals surface area contributed by atoms with Crippen LogP contribution in [0.15, 0.2) is 30.3 Å². The van der Waals surface area contributed by atoms with E-state index in [0.717, 1.165) is 37.3 Å². The highest BCUT2D eigenvalue weighted by atomic mass is 16.5. The molecule has 1 aromatic carbocycles. The van der Waals surface area contributed by atoms with E-state index in [1.54, 1.807) is 0 Å². The third kappa shape index (κ3) is 3.71. The zero-order valence-electron chi connectivity index (χ0n) is 11.2. The van der Waals surface area contributed by atoms with Crippen LogP contribution < -0.4 is 10.5 Å². The minimum absolute atomic E-state index is 0.547. The van der Waals surface area contributed by atoms with Crippen molar-refractivity contribution < 1.29 is 4.74 Å². The molecule has 5 nitrogen and oxygen atoms in total. The molecule has 0 fully saturated rings. The lowest BCUT2D eigenvalue weighted by Crippen LogP contribution is -2.09. The second-order valence-corrected chi connectivity index (χ2v) is 4.41. The van der Waals surface area contributed by atoms with Crippen LogP contribution in [0.1, 0.15) is 25.5 Å². The zero-order chi connectivity index (χ0) is 13.5. The molecule has 1 aromatic heterocycles. The maximum atomic E-state index is 5.80. The number of hydrogen-bond acceptors (Lipinski definition) is 4. The molecule has 19 heavy (non-hydrogen) atoms. The van der Waals surface area contributed by atoms with Crippen molar-refractivity contribution >= 4 is 5.82 Å². The van der Waals surface area contributed by atoms with Crippen molar-refractivity contribution in [3.8, 4) is 5.75 Å². The van der Waals surface area contributed by atoms with Gasteiger partial charge in [-0.3, -0.25) is 0 Å². The van der Waals surface area contributed by atoms with Gasteiger partial charge in [0.25, 0.3) is 0 Å². The first kappa shape index (κ1) is 13.4. The van der Waals surface area contributed by atoms with Gasteiger partial charge in [-0.2, -0.15) is 0 Å². The number of ether oxygens (including phenoxy) is 1.